The van der Waals surface area contributed by atoms with Crippen molar-refractivity contribution in [2.45, 2.75) is 56.7 Å². The molecule has 0 aliphatic heterocycles. The van der Waals surface area contributed by atoms with Gasteiger partial charge in [-0.2, -0.15) is 8.42 Å². The molecule has 1 N–H and O–H groups in total. The Kier molecular flexibility index (Phi) is 5.08. The predicted octanol–water partition coefficient (Wildman–Crippen LogP) is 4.22. The van der Waals surface area contributed by atoms with E-state index in [1.165, 1.54) is 23.6 Å². The zero-order valence-corrected chi connectivity index (χ0v) is 19.5. The zero-order chi connectivity index (χ0) is 21.8. The monoisotopic (exact) mass is 460 g/mol. The van der Waals surface area contributed by atoms with E-state index in [1.54, 1.807) is 13.0 Å². The Morgan fingerprint density at radius 1 is 1.13 bits per heavy atom. The second-order valence-electron chi connectivity index (χ2n) is 9.48. The van der Waals surface area contributed by atoms with Gasteiger partial charge in [-0.15, -0.1) is 10.2 Å². The van der Waals surface area contributed by atoms with Crippen molar-refractivity contribution < 1.29 is 13.2 Å². The number of anilines is 2. The molecule has 1 amide bonds. The third-order valence-corrected chi connectivity index (χ3v) is 10.4. The first kappa shape index (κ1) is 20.9. The first-order chi connectivity index (χ1) is 14.8. The summed E-state index contributed by atoms with van der Waals surface area (Å²) >= 11 is 0.933. The standard InChI is InChI=1S/C22H28N4O3S2/c1-3-26(18-7-5-4-6-14(18)2)31(28,29)21-25-24-20(30-21)23-19(27)22-11-15-8-16(12-22)10-17(9-15)13-22/h4-7,15-17H,3,8-13H2,1-2H3,(H,23,24,27). The molecule has 1 aromatic carbocycles. The minimum Gasteiger partial charge on any atom is -0.300 e. The topological polar surface area (TPSA) is 92.3 Å². The summed E-state index contributed by atoms with van der Waals surface area (Å²) in [5.74, 6) is 1.98. The van der Waals surface area contributed by atoms with Crippen molar-refractivity contribution in [1.29, 1.82) is 0 Å². The van der Waals surface area contributed by atoms with Crippen molar-refractivity contribution in [2.75, 3.05) is 16.2 Å². The van der Waals surface area contributed by atoms with Crippen LogP contribution >= 0.6 is 11.3 Å². The molecular weight excluding hydrogens is 432 g/mol. The number of nitrogens with one attached hydrogen (secondary N) is 1. The molecule has 0 radical (unpaired) electrons. The van der Waals surface area contributed by atoms with Crippen molar-refractivity contribution in [2.24, 2.45) is 23.2 Å². The highest BCUT2D eigenvalue weighted by molar-refractivity contribution is 7.94. The Hall–Kier alpha value is -2.00. The number of sulfonamides is 1. The van der Waals surface area contributed by atoms with Crippen LogP contribution < -0.4 is 9.62 Å². The summed E-state index contributed by atoms with van der Waals surface area (Å²) in [6, 6.07) is 7.36. The van der Waals surface area contributed by atoms with Crippen LogP contribution in [-0.2, 0) is 14.8 Å². The molecule has 0 atom stereocenters. The second-order valence-corrected chi connectivity index (χ2v) is 12.5. The Labute approximate surface area is 187 Å². The Morgan fingerprint density at radius 3 is 2.32 bits per heavy atom. The number of hydrogen-bond donors (Lipinski definition) is 1. The summed E-state index contributed by atoms with van der Waals surface area (Å²) < 4.78 is 27.8. The summed E-state index contributed by atoms with van der Waals surface area (Å²) in [6.45, 7) is 3.95. The molecule has 4 aliphatic carbocycles. The second kappa shape index (κ2) is 7.55. The first-order valence-electron chi connectivity index (χ1n) is 11.0. The third kappa shape index (κ3) is 3.55. The SMILES string of the molecule is CCN(c1ccccc1C)S(=O)(=O)c1nnc(NC(=O)C23CC4CC(CC(C4)C2)C3)s1. The van der Waals surface area contributed by atoms with E-state index < -0.39 is 10.0 Å². The van der Waals surface area contributed by atoms with Gasteiger partial charge in [-0.05, 0) is 81.8 Å². The summed E-state index contributed by atoms with van der Waals surface area (Å²) in [6.07, 6.45) is 6.64. The van der Waals surface area contributed by atoms with Gasteiger partial charge in [0.15, 0.2) is 0 Å². The minimum absolute atomic E-state index is 0.00190. The highest BCUT2D eigenvalue weighted by Gasteiger charge is 2.54. The lowest BCUT2D eigenvalue weighted by atomic mass is 9.49. The predicted molar refractivity (Wildman–Crippen MR) is 121 cm³/mol. The minimum atomic E-state index is -3.86. The molecule has 0 spiro atoms. The number of benzene rings is 1. The molecule has 4 saturated carbocycles. The van der Waals surface area contributed by atoms with Gasteiger partial charge in [0.1, 0.15) is 0 Å². The molecule has 2 aromatic rings. The average molecular weight is 461 g/mol. The molecule has 0 unspecified atom stereocenters. The molecule has 4 aliphatic rings. The van der Waals surface area contributed by atoms with E-state index in [2.05, 4.69) is 15.5 Å². The third-order valence-electron chi connectivity index (χ3n) is 7.33. The van der Waals surface area contributed by atoms with E-state index in [9.17, 15) is 13.2 Å². The number of amides is 1. The van der Waals surface area contributed by atoms with Crippen LogP contribution in [0.5, 0.6) is 0 Å². The van der Waals surface area contributed by atoms with Gasteiger partial charge in [0.2, 0.25) is 11.0 Å². The number of carbonyl (C=O) groups is 1. The Bertz CT molecular complexity index is 1080. The van der Waals surface area contributed by atoms with Crippen molar-refractivity contribution in [3.05, 3.63) is 29.8 Å². The van der Waals surface area contributed by atoms with Crippen LogP contribution in [0.25, 0.3) is 0 Å². The molecule has 4 fully saturated rings. The van der Waals surface area contributed by atoms with Crippen LogP contribution in [-0.4, -0.2) is 31.1 Å². The van der Waals surface area contributed by atoms with Crippen LogP contribution in [0.1, 0.15) is 51.0 Å². The fourth-order valence-electron chi connectivity index (χ4n) is 6.39. The van der Waals surface area contributed by atoms with Gasteiger partial charge in [-0.1, -0.05) is 29.5 Å². The number of rotatable bonds is 6. The van der Waals surface area contributed by atoms with E-state index in [0.717, 1.165) is 36.2 Å². The lowest BCUT2D eigenvalue weighted by Gasteiger charge is -2.55. The number of aryl methyl sites for hydroxylation is 1. The lowest BCUT2D eigenvalue weighted by Crippen LogP contribution is -2.51. The normalized spacial score (nSPS) is 29.2. The van der Waals surface area contributed by atoms with Crippen LogP contribution in [0.2, 0.25) is 0 Å². The number of carbonyl (C=O) groups excluding carboxylic acids is 1. The van der Waals surface area contributed by atoms with Crippen LogP contribution in [0.4, 0.5) is 10.8 Å². The van der Waals surface area contributed by atoms with E-state index in [-0.39, 0.29) is 27.3 Å². The number of aromatic nitrogens is 2. The molecule has 166 valence electrons. The lowest BCUT2D eigenvalue weighted by molar-refractivity contribution is -0.140. The molecule has 31 heavy (non-hydrogen) atoms. The molecular formula is C22H28N4O3S2. The first-order valence-corrected chi connectivity index (χ1v) is 13.3. The summed E-state index contributed by atoms with van der Waals surface area (Å²) in [4.78, 5) is 13.2. The highest BCUT2D eigenvalue weighted by atomic mass is 32.2. The Morgan fingerprint density at radius 2 is 1.74 bits per heavy atom. The Balaban J connectivity index is 1.36. The molecule has 1 aromatic heterocycles. The van der Waals surface area contributed by atoms with Gasteiger partial charge in [-0.25, -0.2) is 0 Å². The van der Waals surface area contributed by atoms with Crippen molar-refractivity contribution in [3.8, 4) is 0 Å². The molecule has 9 heteroatoms. The smallest absolute Gasteiger partial charge is 0.293 e. The maximum Gasteiger partial charge on any atom is 0.293 e. The van der Waals surface area contributed by atoms with E-state index in [4.69, 9.17) is 0 Å². The van der Waals surface area contributed by atoms with E-state index in [0.29, 0.717) is 23.4 Å². The fraction of sp³-hybridized carbons (Fsp3) is 0.591. The fourth-order valence-corrected chi connectivity index (χ4v) is 8.93. The zero-order valence-electron chi connectivity index (χ0n) is 17.9. The quantitative estimate of drug-likeness (QED) is 0.652. The molecule has 1 heterocycles. The van der Waals surface area contributed by atoms with Gasteiger partial charge in [-0.3, -0.25) is 9.10 Å². The molecule has 0 saturated heterocycles. The molecule has 6 rings (SSSR count). The molecule has 4 bridgehead atoms. The van der Waals surface area contributed by atoms with Crippen molar-refractivity contribution >= 4 is 38.1 Å². The average Bonchev–Trinajstić information content (AvgIpc) is 3.18. The number of hydrogen-bond acceptors (Lipinski definition) is 6. The van der Waals surface area contributed by atoms with Gasteiger partial charge < -0.3 is 5.32 Å². The molecule has 7 nitrogen and oxygen atoms in total. The highest BCUT2D eigenvalue weighted by Crippen LogP contribution is 2.60. The van der Waals surface area contributed by atoms with Gasteiger partial charge in [0, 0.05) is 6.54 Å². The summed E-state index contributed by atoms with van der Waals surface area (Å²) in [5, 5.41) is 11.1. The van der Waals surface area contributed by atoms with Gasteiger partial charge in [0.05, 0.1) is 11.1 Å². The van der Waals surface area contributed by atoms with Crippen molar-refractivity contribution in [1.82, 2.24) is 10.2 Å². The van der Waals surface area contributed by atoms with Crippen LogP contribution in [0, 0.1) is 30.1 Å². The largest absolute Gasteiger partial charge is 0.300 e. The maximum absolute atomic E-state index is 13.3. The van der Waals surface area contributed by atoms with Gasteiger partial charge in [0.25, 0.3) is 14.4 Å². The van der Waals surface area contributed by atoms with Crippen molar-refractivity contribution in [3.63, 3.8) is 0 Å². The number of para-hydroxylation sites is 1. The summed E-state index contributed by atoms with van der Waals surface area (Å²) in [5.41, 5.74) is 1.18. The van der Waals surface area contributed by atoms with Crippen LogP contribution in [0.3, 0.4) is 0 Å². The summed E-state index contributed by atoms with van der Waals surface area (Å²) in [7, 11) is -3.86. The van der Waals surface area contributed by atoms with E-state index in [1.807, 2.05) is 25.1 Å². The van der Waals surface area contributed by atoms with Gasteiger partial charge >= 0.3 is 0 Å². The number of nitrogens with zero attached hydrogens (tertiary/aromatic N) is 3. The van der Waals surface area contributed by atoms with E-state index >= 15 is 0 Å². The van der Waals surface area contributed by atoms with Crippen LogP contribution in [0.15, 0.2) is 28.6 Å². The maximum atomic E-state index is 13.3.